The molecule has 0 bridgehead atoms. The van der Waals surface area contributed by atoms with Crippen LogP contribution in [0.4, 0.5) is 0 Å². The molecule has 1 amide bonds. The van der Waals surface area contributed by atoms with E-state index in [2.05, 4.69) is 60.4 Å². The Morgan fingerprint density at radius 3 is 2.25 bits per heavy atom. The van der Waals surface area contributed by atoms with Gasteiger partial charge in [0, 0.05) is 18.4 Å². The van der Waals surface area contributed by atoms with E-state index in [1.807, 2.05) is 30.3 Å². The topological polar surface area (TPSA) is 48.0 Å². The number of methoxy groups -OCH3 is 3. The zero-order valence-electron chi connectivity index (χ0n) is 21.3. The van der Waals surface area contributed by atoms with Crippen LogP contribution in [-0.2, 0) is 11.3 Å². The Morgan fingerprint density at radius 1 is 0.861 bits per heavy atom. The van der Waals surface area contributed by atoms with Crippen LogP contribution in [0.2, 0.25) is 0 Å². The number of fused-ring (bicyclic) bond motifs is 1. The molecule has 5 rings (SSSR count). The predicted molar refractivity (Wildman–Crippen MR) is 141 cm³/mol. The normalized spacial score (nSPS) is 22.9. The summed E-state index contributed by atoms with van der Waals surface area (Å²) in [5.41, 5.74) is 4.29. The molecule has 3 aromatic carbocycles. The number of nitrogens with zero attached hydrogens (tertiary/aromatic N) is 1. The largest absolute Gasteiger partial charge is 0.493 e. The Labute approximate surface area is 213 Å². The zero-order chi connectivity index (χ0) is 25.2. The van der Waals surface area contributed by atoms with Crippen LogP contribution >= 0.6 is 0 Å². The Balaban J connectivity index is 1.58. The van der Waals surface area contributed by atoms with Gasteiger partial charge in [0.25, 0.3) is 0 Å². The van der Waals surface area contributed by atoms with Crippen LogP contribution < -0.4 is 14.2 Å². The molecule has 36 heavy (non-hydrogen) atoms. The van der Waals surface area contributed by atoms with Crippen molar-refractivity contribution >= 4 is 5.91 Å². The highest BCUT2D eigenvalue weighted by molar-refractivity contribution is 5.83. The first kappa shape index (κ1) is 24.0. The number of likely N-dealkylation sites (tertiary alicyclic amines) is 1. The van der Waals surface area contributed by atoms with Crippen molar-refractivity contribution in [1.29, 1.82) is 0 Å². The van der Waals surface area contributed by atoms with Crippen molar-refractivity contribution in [3.63, 3.8) is 0 Å². The second-order valence-corrected chi connectivity index (χ2v) is 9.68. The van der Waals surface area contributed by atoms with Crippen LogP contribution in [0.25, 0.3) is 11.1 Å². The number of carbonyl (C=O) groups is 1. The molecular formula is C31H33NO4. The SMILES string of the molecule is COc1cc(-c2cccc([C@H]3[C@@H]4C=CC[C@@H](C)[C@@H]4C(=O)N3Cc3ccccc3)c2)cc(OC)c1OC. The average molecular weight is 484 g/mol. The van der Waals surface area contributed by atoms with Gasteiger partial charge in [-0.05, 0) is 52.8 Å². The molecule has 0 radical (unpaired) electrons. The van der Waals surface area contributed by atoms with Gasteiger partial charge in [-0.2, -0.15) is 0 Å². The molecule has 1 aliphatic carbocycles. The standard InChI is InChI=1S/C31H33NO4/c1-20-10-8-15-25-28(20)31(33)32(19-21-11-6-5-7-12-21)29(25)23-14-9-13-22(16-23)24-17-26(34-2)30(36-4)27(18-24)35-3/h5-9,11-18,20,25,28-29H,10,19H2,1-4H3/t20-,25-,28+,29+/m1/s1. The Kier molecular flexibility index (Phi) is 6.73. The second-order valence-electron chi connectivity index (χ2n) is 9.68. The molecule has 1 aliphatic heterocycles. The summed E-state index contributed by atoms with van der Waals surface area (Å²) in [6.45, 7) is 2.81. The molecule has 2 aliphatic rings. The molecule has 0 N–H and O–H groups in total. The lowest BCUT2D eigenvalue weighted by Gasteiger charge is -2.30. The zero-order valence-corrected chi connectivity index (χ0v) is 21.3. The van der Waals surface area contributed by atoms with Gasteiger partial charge in [0.05, 0.1) is 27.4 Å². The maximum atomic E-state index is 13.8. The van der Waals surface area contributed by atoms with Gasteiger partial charge in [-0.3, -0.25) is 4.79 Å². The van der Waals surface area contributed by atoms with Gasteiger partial charge in [0.2, 0.25) is 11.7 Å². The Morgan fingerprint density at radius 2 is 1.58 bits per heavy atom. The molecule has 1 fully saturated rings. The van der Waals surface area contributed by atoms with Gasteiger partial charge in [-0.15, -0.1) is 0 Å². The van der Waals surface area contributed by atoms with E-state index in [0.717, 1.165) is 28.7 Å². The van der Waals surface area contributed by atoms with Crippen LogP contribution in [-0.4, -0.2) is 32.1 Å². The summed E-state index contributed by atoms with van der Waals surface area (Å²) in [6.07, 6.45) is 5.47. The molecule has 3 aromatic rings. The summed E-state index contributed by atoms with van der Waals surface area (Å²) in [6, 6.07) is 22.7. The van der Waals surface area contributed by atoms with Crippen LogP contribution in [0.3, 0.4) is 0 Å². The summed E-state index contributed by atoms with van der Waals surface area (Å²) in [5, 5.41) is 0. The first-order valence-corrected chi connectivity index (χ1v) is 12.5. The van der Waals surface area contributed by atoms with Crippen molar-refractivity contribution in [2.75, 3.05) is 21.3 Å². The summed E-state index contributed by atoms with van der Waals surface area (Å²) < 4.78 is 16.7. The minimum absolute atomic E-state index is 0.00791. The third-order valence-corrected chi connectivity index (χ3v) is 7.58. The third kappa shape index (κ3) is 4.23. The quantitative estimate of drug-likeness (QED) is 0.371. The van der Waals surface area contributed by atoms with Crippen molar-refractivity contribution in [2.45, 2.75) is 25.9 Å². The van der Waals surface area contributed by atoms with Gasteiger partial charge in [0.15, 0.2) is 11.5 Å². The fourth-order valence-electron chi connectivity index (χ4n) is 5.85. The van der Waals surface area contributed by atoms with Crippen LogP contribution in [0.1, 0.15) is 30.5 Å². The maximum Gasteiger partial charge on any atom is 0.227 e. The highest BCUT2D eigenvalue weighted by atomic mass is 16.5. The molecule has 0 aromatic heterocycles. The fraction of sp³-hybridized carbons (Fsp3) is 0.323. The predicted octanol–water partition coefficient (Wildman–Crippen LogP) is 6.29. The average Bonchev–Trinajstić information content (AvgIpc) is 3.20. The molecule has 186 valence electrons. The number of allylic oxidation sites excluding steroid dienone is 1. The van der Waals surface area contributed by atoms with Crippen LogP contribution in [0.5, 0.6) is 17.2 Å². The lowest BCUT2D eigenvalue weighted by molar-refractivity contribution is -0.134. The minimum atomic E-state index is -0.0244. The molecule has 5 nitrogen and oxygen atoms in total. The minimum Gasteiger partial charge on any atom is -0.493 e. The number of hydrogen-bond donors (Lipinski definition) is 0. The van der Waals surface area contributed by atoms with Crippen LogP contribution in [0.15, 0.2) is 78.9 Å². The molecule has 1 heterocycles. The van der Waals surface area contributed by atoms with E-state index in [1.165, 1.54) is 0 Å². The van der Waals surface area contributed by atoms with Crippen LogP contribution in [0, 0.1) is 17.8 Å². The van der Waals surface area contributed by atoms with Gasteiger partial charge < -0.3 is 19.1 Å². The van der Waals surface area contributed by atoms with Crippen molar-refractivity contribution < 1.29 is 19.0 Å². The fourth-order valence-corrected chi connectivity index (χ4v) is 5.85. The van der Waals surface area contributed by atoms with E-state index in [9.17, 15) is 4.79 Å². The van der Waals surface area contributed by atoms with Gasteiger partial charge in [-0.25, -0.2) is 0 Å². The van der Waals surface area contributed by atoms with E-state index in [-0.39, 0.29) is 23.8 Å². The summed E-state index contributed by atoms with van der Waals surface area (Å²) >= 11 is 0. The van der Waals surface area contributed by atoms with Crippen molar-refractivity contribution in [1.82, 2.24) is 4.90 Å². The summed E-state index contributed by atoms with van der Waals surface area (Å²) in [7, 11) is 4.85. The Hall–Kier alpha value is -3.73. The lowest BCUT2D eigenvalue weighted by Crippen LogP contribution is -2.30. The van der Waals surface area contributed by atoms with Gasteiger partial charge in [-0.1, -0.05) is 67.6 Å². The van der Waals surface area contributed by atoms with Gasteiger partial charge >= 0.3 is 0 Å². The molecule has 4 atom stereocenters. The number of ether oxygens (including phenoxy) is 3. The van der Waals surface area contributed by atoms with E-state index >= 15 is 0 Å². The molecular weight excluding hydrogens is 450 g/mol. The molecule has 5 heteroatoms. The molecule has 0 saturated carbocycles. The van der Waals surface area contributed by atoms with Gasteiger partial charge in [0.1, 0.15) is 0 Å². The number of rotatable bonds is 7. The van der Waals surface area contributed by atoms with Crippen molar-refractivity contribution in [2.24, 2.45) is 17.8 Å². The first-order valence-electron chi connectivity index (χ1n) is 12.5. The number of benzene rings is 3. The number of amides is 1. The third-order valence-electron chi connectivity index (χ3n) is 7.58. The lowest BCUT2D eigenvalue weighted by atomic mass is 9.75. The van der Waals surface area contributed by atoms with Crippen molar-refractivity contribution in [3.05, 3.63) is 90.0 Å². The molecule has 0 unspecified atom stereocenters. The smallest absolute Gasteiger partial charge is 0.227 e. The molecule has 0 spiro atoms. The first-order chi connectivity index (χ1) is 17.5. The summed E-state index contributed by atoms with van der Waals surface area (Å²) in [4.78, 5) is 15.9. The molecule has 1 saturated heterocycles. The summed E-state index contributed by atoms with van der Waals surface area (Å²) in [5.74, 6) is 2.54. The van der Waals surface area contributed by atoms with E-state index < -0.39 is 0 Å². The van der Waals surface area contributed by atoms with E-state index in [4.69, 9.17) is 14.2 Å². The number of hydrogen-bond acceptors (Lipinski definition) is 4. The second kappa shape index (κ2) is 10.1. The van der Waals surface area contributed by atoms with E-state index in [1.54, 1.807) is 21.3 Å². The number of carbonyl (C=O) groups excluding carboxylic acids is 1. The highest BCUT2D eigenvalue weighted by Gasteiger charge is 2.50. The van der Waals surface area contributed by atoms with Crippen molar-refractivity contribution in [3.8, 4) is 28.4 Å². The Bertz CT molecular complexity index is 1240. The highest BCUT2D eigenvalue weighted by Crippen LogP contribution is 2.49. The maximum absolute atomic E-state index is 13.8. The van der Waals surface area contributed by atoms with E-state index in [0.29, 0.717) is 29.7 Å². The monoisotopic (exact) mass is 483 g/mol.